The van der Waals surface area contributed by atoms with Crippen LogP contribution < -0.4 is 4.90 Å². The maximum absolute atomic E-state index is 9.98. The van der Waals surface area contributed by atoms with Crippen molar-refractivity contribution in [3.8, 4) is 0 Å². The zero-order chi connectivity index (χ0) is 13.0. The molecule has 18 heavy (non-hydrogen) atoms. The van der Waals surface area contributed by atoms with E-state index in [1.165, 1.54) is 11.3 Å². The number of benzene rings is 1. The number of anilines is 1. The van der Waals surface area contributed by atoms with Gasteiger partial charge >= 0.3 is 0 Å². The number of β-amino-alcohol motifs (C(OH)–C–C–N with tert-alkyl or cyclic N) is 1. The molecule has 0 spiro atoms. The fraction of sp³-hybridized carbons (Fsp3) is 0.600. The van der Waals surface area contributed by atoms with E-state index < -0.39 is 6.10 Å². The minimum Gasteiger partial charge on any atom is -0.389 e. The monoisotopic (exact) mass is 249 g/mol. The zero-order valence-electron chi connectivity index (χ0n) is 11.3. The minimum absolute atomic E-state index is 0.407. The second-order valence-electron chi connectivity index (χ2n) is 5.41. The Labute approximate surface area is 109 Å². The number of aliphatic hydroxyl groups is 1. The highest BCUT2D eigenvalue weighted by molar-refractivity contribution is 5.57. The zero-order valence-corrected chi connectivity index (χ0v) is 11.3. The van der Waals surface area contributed by atoms with E-state index in [2.05, 4.69) is 43.0 Å². The Bertz CT molecular complexity index is 379. The molecule has 0 saturated carbocycles. The van der Waals surface area contributed by atoms with Crippen molar-refractivity contribution >= 4 is 5.69 Å². The molecule has 0 bridgehead atoms. The Morgan fingerprint density at radius 3 is 2.83 bits per heavy atom. The van der Waals surface area contributed by atoms with Gasteiger partial charge in [-0.15, -0.1) is 0 Å². The molecular formula is C15H23NO2. The molecule has 100 valence electrons. The number of nitrogens with zero attached hydrogens (tertiary/aromatic N) is 1. The molecule has 0 amide bonds. The summed E-state index contributed by atoms with van der Waals surface area (Å²) in [5.41, 5.74) is 2.65. The second-order valence-corrected chi connectivity index (χ2v) is 5.41. The second kappa shape index (κ2) is 6.21. The molecule has 3 heteroatoms. The smallest absolute Gasteiger partial charge is 0.0948 e. The summed E-state index contributed by atoms with van der Waals surface area (Å²) >= 11 is 0. The average molecular weight is 249 g/mol. The molecule has 1 heterocycles. The van der Waals surface area contributed by atoms with Gasteiger partial charge in [0.15, 0.2) is 0 Å². The van der Waals surface area contributed by atoms with E-state index in [9.17, 15) is 5.11 Å². The summed E-state index contributed by atoms with van der Waals surface area (Å²) in [6, 6.07) is 8.42. The Kier molecular flexibility index (Phi) is 4.61. The molecule has 1 aliphatic heterocycles. The van der Waals surface area contributed by atoms with Crippen molar-refractivity contribution in [2.24, 2.45) is 5.92 Å². The van der Waals surface area contributed by atoms with Crippen molar-refractivity contribution in [2.45, 2.75) is 26.4 Å². The quantitative estimate of drug-likeness (QED) is 0.838. The molecule has 0 fully saturated rings. The summed E-state index contributed by atoms with van der Waals surface area (Å²) < 4.78 is 5.48. The van der Waals surface area contributed by atoms with Gasteiger partial charge in [0, 0.05) is 25.4 Å². The molecule has 1 aromatic rings. The average Bonchev–Trinajstić information content (AvgIpc) is 2.72. The predicted molar refractivity (Wildman–Crippen MR) is 74.0 cm³/mol. The lowest BCUT2D eigenvalue weighted by Gasteiger charge is -2.23. The van der Waals surface area contributed by atoms with Gasteiger partial charge in [-0.2, -0.15) is 0 Å². The van der Waals surface area contributed by atoms with E-state index in [4.69, 9.17) is 4.74 Å². The number of fused-ring (bicyclic) bond motifs is 1. The number of hydrogen-bond acceptors (Lipinski definition) is 3. The fourth-order valence-corrected chi connectivity index (χ4v) is 2.34. The van der Waals surface area contributed by atoms with Crippen LogP contribution in [0.4, 0.5) is 5.69 Å². The Balaban J connectivity index is 1.80. The molecule has 1 unspecified atom stereocenters. The van der Waals surface area contributed by atoms with Gasteiger partial charge in [0.25, 0.3) is 0 Å². The van der Waals surface area contributed by atoms with Crippen LogP contribution in [0.15, 0.2) is 24.3 Å². The molecule has 0 saturated heterocycles. The first kappa shape index (κ1) is 13.4. The molecule has 0 aromatic heterocycles. The standard InChI is InChI=1S/C15H23NO2/c1-12(2)10-18-11-14(17)9-16-8-7-13-5-3-4-6-15(13)16/h3-6,12,14,17H,7-11H2,1-2H3. The van der Waals surface area contributed by atoms with Gasteiger partial charge in [-0.1, -0.05) is 32.0 Å². The molecule has 1 N–H and O–H groups in total. The highest BCUT2D eigenvalue weighted by Gasteiger charge is 2.20. The van der Waals surface area contributed by atoms with E-state index in [-0.39, 0.29) is 0 Å². The third-order valence-corrected chi connectivity index (χ3v) is 3.18. The molecular weight excluding hydrogens is 226 g/mol. The summed E-state index contributed by atoms with van der Waals surface area (Å²) in [5, 5.41) is 9.98. The Morgan fingerprint density at radius 2 is 2.06 bits per heavy atom. The van der Waals surface area contributed by atoms with Crippen molar-refractivity contribution in [1.29, 1.82) is 0 Å². The van der Waals surface area contributed by atoms with Crippen LogP contribution in [0.3, 0.4) is 0 Å². The van der Waals surface area contributed by atoms with E-state index in [0.29, 0.717) is 25.7 Å². The van der Waals surface area contributed by atoms with Crippen molar-refractivity contribution in [1.82, 2.24) is 0 Å². The highest BCUT2D eigenvalue weighted by atomic mass is 16.5. The highest BCUT2D eigenvalue weighted by Crippen LogP contribution is 2.27. The SMILES string of the molecule is CC(C)COCC(O)CN1CCc2ccccc21. The normalized spacial score (nSPS) is 16.1. The van der Waals surface area contributed by atoms with E-state index in [1.807, 2.05) is 0 Å². The molecule has 2 rings (SSSR count). The summed E-state index contributed by atoms with van der Waals surface area (Å²) in [5.74, 6) is 0.518. The minimum atomic E-state index is -0.407. The third-order valence-electron chi connectivity index (χ3n) is 3.18. The largest absolute Gasteiger partial charge is 0.389 e. The molecule has 0 radical (unpaired) electrons. The number of rotatable bonds is 6. The number of ether oxygens (including phenoxy) is 1. The van der Waals surface area contributed by atoms with Crippen molar-refractivity contribution in [3.63, 3.8) is 0 Å². The fourth-order valence-electron chi connectivity index (χ4n) is 2.34. The van der Waals surface area contributed by atoms with Crippen LogP contribution in [0.2, 0.25) is 0 Å². The van der Waals surface area contributed by atoms with Crippen LogP contribution in [0, 0.1) is 5.92 Å². The van der Waals surface area contributed by atoms with Gasteiger partial charge in [-0.25, -0.2) is 0 Å². The predicted octanol–water partition coefficient (Wildman–Crippen LogP) is 2.08. The van der Waals surface area contributed by atoms with Gasteiger partial charge in [0.2, 0.25) is 0 Å². The third kappa shape index (κ3) is 3.47. The van der Waals surface area contributed by atoms with Crippen LogP contribution in [0.25, 0.3) is 0 Å². The summed E-state index contributed by atoms with van der Waals surface area (Å²) in [7, 11) is 0. The Hall–Kier alpha value is -1.06. The maximum atomic E-state index is 9.98. The lowest BCUT2D eigenvalue weighted by atomic mass is 10.2. The summed E-state index contributed by atoms with van der Waals surface area (Å²) in [6.45, 7) is 7.03. The van der Waals surface area contributed by atoms with Gasteiger partial charge in [-0.05, 0) is 24.0 Å². The van der Waals surface area contributed by atoms with Crippen LogP contribution in [-0.4, -0.2) is 37.5 Å². The Morgan fingerprint density at radius 1 is 1.28 bits per heavy atom. The number of para-hydroxylation sites is 1. The maximum Gasteiger partial charge on any atom is 0.0948 e. The first-order chi connectivity index (χ1) is 8.66. The van der Waals surface area contributed by atoms with Crippen LogP contribution in [0.1, 0.15) is 19.4 Å². The number of aliphatic hydroxyl groups excluding tert-OH is 1. The summed E-state index contributed by atoms with van der Waals surface area (Å²) in [4.78, 5) is 2.25. The van der Waals surface area contributed by atoms with Crippen LogP contribution in [0.5, 0.6) is 0 Å². The van der Waals surface area contributed by atoms with Gasteiger partial charge < -0.3 is 14.7 Å². The van der Waals surface area contributed by atoms with Gasteiger partial charge in [0.1, 0.15) is 0 Å². The van der Waals surface area contributed by atoms with Crippen LogP contribution >= 0.6 is 0 Å². The first-order valence-corrected chi connectivity index (χ1v) is 6.75. The van der Waals surface area contributed by atoms with Crippen molar-refractivity contribution < 1.29 is 9.84 Å². The molecule has 1 aromatic carbocycles. The summed E-state index contributed by atoms with van der Waals surface area (Å²) in [6.07, 6.45) is 0.672. The number of hydrogen-bond donors (Lipinski definition) is 1. The van der Waals surface area contributed by atoms with Crippen molar-refractivity contribution in [3.05, 3.63) is 29.8 Å². The van der Waals surface area contributed by atoms with E-state index in [1.54, 1.807) is 0 Å². The molecule has 1 aliphatic rings. The molecule has 1 atom stereocenters. The van der Waals surface area contributed by atoms with Crippen LogP contribution in [-0.2, 0) is 11.2 Å². The topological polar surface area (TPSA) is 32.7 Å². The van der Waals surface area contributed by atoms with Gasteiger partial charge in [-0.3, -0.25) is 0 Å². The van der Waals surface area contributed by atoms with E-state index in [0.717, 1.165) is 13.0 Å². The van der Waals surface area contributed by atoms with Gasteiger partial charge in [0.05, 0.1) is 12.7 Å². The van der Waals surface area contributed by atoms with Crippen molar-refractivity contribution in [2.75, 3.05) is 31.2 Å². The lowest BCUT2D eigenvalue weighted by Crippen LogP contribution is -2.34. The van der Waals surface area contributed by atoms with E-state index >= 15 is 0 Å². The molecule has 3 nitrogen and oxygen atoms in total. The first-order valence-electron chi connectivity index (χ1n) is 6.75. The lowest BCUT2D eigenvalue weighted by molar-refractivity contribution is 0.0292. The molecule has 0 aliphatic carbocycles.